The van der Waals surface area contributed by atoms with Crippen LogP contribution in [-0.2, 0) is 15.5 Å². The van der Waals surface area contributed by atoms with Crippen molar-refractivity contribution in [3.63, 3.8) is 0 Å². The molecule has 1 aliphatic rings. The predicted molar refractivity (Wildman–Crippen MR) is 117 cm³/mol. The number of pyridine rings is 1. The van der Waals surface area contributed by atoms with E-state index in [1.54, 1.807) is 18.2 Å². The minimum Gasteiger partial charge on any atom is -0.303 e. The molecule has 4 rings (SSSR count). The minimum absolute atomic E-state index is 0.0847. The monoisotopic (exact) mass is 524 g/mol. The van der Waals surface area contributed by atoms with Crippen LogP contribution in [0.3, 0.4) is 0 Å². The number of hydrogen-bond donors (Lipinski definition) is 4. The number of benzene rings is 2. The Morgan fingerprint density at radius 1 is 1.12 bits per heavy atom. The SMILES string of the molecule is O=C1O[C@H]([CH2][K])CN1c1ccc2cc(-c3ccccc3C(F)(F)F)[nH]c(=O)c2c1.O=P(O)(O)O. The third-order valence-electron chi connectivity index (χ3n) is 4.99. The first-order valence-electron chi connectivity index (χ1n) is 9.88. The van der Waals surface area contributed by atoms with E-state index in [9.17, 15) is 22.8 Å². The van der Waals surface area contributed by atoms with Gasteiger partial charge < -0.3 is 14.7 Å². The molecule has 1 aliphatic heterocycles. The maximum Gasteiger partial charge on any atom is 0.466 e. The van der Waals surface area contributed by atoms with Crippen LogP contribution in [-0.4, -0.2) is 87.4 Å². The summed E-state index contributed by atoms with van der Waals surface area (Å²) in [5.41, 5.74) is -0.822. The summed E-state index contributed by atoms with van der Waals surface area (Å²) in [5.74, 6) is 0. The molecule has 1 amide bonds. The summed E-state index contributed by atoms with van der Waals surface area (Å²) in [6.45, 7) is 0.432. The minimum atomic E-state index is -4.64. The van der Waals surface area contributed by atoms with Crippen molar-refractivity contribution in [1.29, 1.82) is 0 Å². The van der Waals surface area contributed by atoms with Crippen molar-refractivity contribution in [2.75, 3.05) is 11.4 Å². The molecule has 9 nitrogen and oxygen atoms in total. The molecule has 2 heterocycles. The van der Waals surface area contributed by atoms with Gasteiger partial charge in [0.1, 0.15) is 0 Å². The number of hydrogen-bond acceptors (Lipinski definition) is 4. The number of aromatic amines is 1. The van der Waals surface area contributed by atoms with Gasteiger partial charge in [-0.05, 0) is 6.07 Å². The summed E-state index contributed by atoms with van der Waals surface area (Å²) in [6.07, 6.45) is -5.12. The van der Waals surface area contributed by atoms with Gasteiger partial charge in [-0.15, -0.1) is 0 Å². The van der Waals surface area contributed by atoms with Crippen LogP contribution in [0.25, 0.3) is 22.0 Å². The number of halogens is 3. The first-order chi connectivity index (χ1) is 15.8. The average molecular weight is 524 g/mol. The van der Waals surface area contributed by atoms with Gasteiger partial charge in [-0.25, -0.2) is 4.57 Å². The fourth-order valence-electron chi connectivity index (χ4n) is 3.47. The van der Waals surface area contributed by atoms with Crippen LogP contribution in [0.4, 0.5) is 23.7 Å². The Labute approximate surface area is 224 Å². The van der Waals surface area contributed by atoms with Crippen molar-refractivity contribution in [2.24, 2.45) is 0 Å². The third kappa shape index (κ3) is 6.77. The molecule has 4 N–H and O–H groups in total. The molecule has 1 saturated heterocycles. The number of carbonyl (C=O) groups excluding carboxylic acids is 1. The first-order valence-corrected chi connectivity index (χ1v) is 13.7. The van der Waals surface area contributed by atoms with E-state index in [2.05, 4.69) is 4.98 Å². The fourth-order valence-corrected chi connectivity index (χ4v) is 4.13. The zero-order valence-electron chi connectivity index (χ0n) is 17.6. The van der Waals surface area contributed by atoms with Crippen LogP contribution >= 0.6 is 7.82 Å². The number of cyclic esters (lactones) is 1. The standard InChI is InChI=1S/C20H14F3N2O3.K.H3O4P/c1-11-10-25(19(27)28-11)13-7-6-12-8-17(24-18(26)15(12)9-13)14-4-2-3-5-16(14)20(21,22)23;;1-5(2,3)4/h2-9,11H,1,10H2,(H,24,26);;(H3,1,2,3,4)/t11-;;/m1../s1. The molecule has 0 spiro atoms. The molecule has 3 aromatic rings. The maximum atomic E-state index is 13.3. The Morgan fingerprint density at radius 2 is 1.76 bits per heavy atom. The number of nitrogens with one attached hydrogen (secondary N) is 1. The summed E-state index contributed by atoms with van der Waals surface area (Å²) in [4.78, 5) is 50.3. The molecule has 0 aliphatic carbocycles. The first kappa shape index (κ1) is 27.1. The second-order valence-electron chi connectivity index (χ2n) is 7.36. The number of nitrogens with zero attached hydrogens (tertiary/aromatic N) is 1. The van der Waals surface area contributed by atoms with Crippen LogP contribution < -0.4 is 10.5 Å². The fraction of sp³-hybridized carbons (Fsp3) is 0.200. The van der Waals surface area contributed by atoms with Gasteiger partial charge in [-0.1, -0.05) is 12.1 Å². The van der Waals surface area contributed by atoms with Gasteiger partial charge in [0.25, 0.3) is 0 Å². The number of H-pyrrole nitrogens is 1. The molecule has 0 unspecified atom stereocenters. The summed E-state index contributed by atoms with van der Waals surface area (Å²) in [5, 5.41) is 0.778. The van der Waals surface area contributed by atoms with E-state index in [0.29, 0.717) is 72.0 Å². The number of anilines is 1. The Bertz CT molecular complexity index is 1320. The molecule has 14 heteroatoms. The van der Waals surface area contributed by atoms with Gasteiger partial charge in [0.15, 0.2) is 0 Å². The van der Waals surface area contributed by atoms with Crippen LogP contribution in [0.2, 0.25) is 0.515 Å². The molecule has 0 radical (unpaired) electrons. The number of fused-ring (bicyclic) bond motifs is 1. The summed E-state index contributed by atoms with van der Waals surface area (Å²) >= 11 is 0.553. The molecule has 0 saturated carbocycles. The molecule has 1 atom stereocenters. The van der Waals surface area contributed by atoms with Crippen molar-refractivity contribution in [3.05, 3.63) is 64.4 Å². The molecule has 0 bridgehead atoms. The Kier molecular flexibility index (Phi) is 8.44. The van der Waals surface area contributed by atoms with Gasteiger partial charge in [0.05, 0.1) is 0 Å². The topological polar surface area (TPSA) is 140 Å². The Hall–Kier alpha value is -1.54. The largest absolute Gasteiger partial charge is 0.466 e. The van der Waals surface area contributed by atoms with E-state index in [1.165, 1.54) is 29.2 Å². The van der Waals surface area contributed by atoms with Crippen LogP contribution in [0.5, 0.6) is 0 Å². The van der Waals surface area contributed by atoms with Crippen molar-refractivity contribution in [3.8, 4) is 11.3 Å². The second kappa shape index (κ2) is 10.6. The predicted octanol–water partition coefficient (Wildman–Crippen LogP) is 3.20. The molecule has 1 aromatic heterocycles. The van der Waals surface area contributed by atoms with Crippen LogP contribution in [0.1, 0.15) is 5.56 Å². The van der Waals surface area contributed by atoms with Crippen molar-refractivity contribution < 1.29 is 41.9 Å². The second-order valence-corrected chi connectivity index (χ2v) is 9.67. The molecular weight excluding hydrogens is 507 g/mol. The number of ether oxygens (including phenoxy) is 1. The van der Waals surface area contributed by atoms with E-state index < -0.39 is 31.2 Å². The van der Waals surface area contributed by atoms with Gasteiger partial charge in [-0.2, -0.15) is 13.2 Å². The van der Waals surface area contributed by atoms with Crippen molar-refractivity contribution in [2.45, 2.75) is 12.8 Å². The Morgan fingerprint density at radius 3 is 2.35 bits per heavy atom. The van der Waals surface area contributed by atoms with Gasteiger partial charge in [-0.3, -0.25) is 0 Å². The van der Waals surface area contributed by atoms with Crippen molar-refractivity contribution >= 4 is 79.3 Å². The van der Waals surface area contributed by atoms with Crippen LogP contribution in [0.15, 0.2) is 53.3 Å². The van der Waals surface area contributed by atoms with E-state index >= 15 is 0 Å². The Balaban J connectivity index is 0.000000588. The third-order valence-corrected chi connectivity index (χ3v) is 6.42. The average Bonchev–Trinajstić information content (AvgIpc) is 3.12. The quantitative estimate of drug-likeness (QED) is 0.305. The number of amides is 1. The molecule has 34 heavy (non-hydrogen) atoms. The van der Waals surface area contributed by atoms with E-state index in [4.69, 9.17) is 24.0 Å². The molecule has 1 fully saturated rings. The van der Waals surface area contributed by atoms with Crippen molar-refractivity contribution in [1.82, 2.24) is 4.98 Å². The summed E-state index contributed by atoms with van der Waals surface area (Å²) < 4.78 is 55.0. The van der Waals surface area contributed by atoms with E-state index in [-0.39, 0.29) is 17.4 Å². The zero-order chi connectivity index (χ0) is 25.3. The number of alkyl halides is 3. The summed E-state index contributed by atoms with van der Waals surface area (Å²) in [6, 6.07) is 11.5. The molecule has 2 aromatic carbocycles. The van der Waals surface area contributed by atoms with Gasteiger partial charge in [0, 0.05) is 0 Å². The molecule has 176 valence electrons. The number of carbonyl (C=O) groups is 1. The zero-order valence-corrected chi connectivity index (χ0v) is 21.6. The van der Waals surface area contributed by atoms with E-state index in [1.807, 2.05) is 0 Å². The van der Waals surface area contributed by atoms with Gasteiger partial charge in [0.2, 0.25) is 0 Å². The number of rotatable bonds is 3. The van der Waals surface area contributed by atoms with Crippen LogP contribution in [0, 0.1) is 0 Å². The summed E-state index contributed by atoms with van der Waals surface area (Å²) in [7, 11) is -4.64. The normalized spacial score (nSPS) is 16.3. The maximum absolute atomic E-state index is 13.3. The number of aromatic nitrogens is 1. The van der Waals surface area contributed by atoms with E-state index in [0.717, 1.165) is 6.58 Å². The smallest absolute Gasteiger partial charge is 0.303 e. The number of phosphoric acid groups is 1. The van der Waals surface area contributed by atoms with Gasteiger partial charge >= 0.3 is 176 Å². The molecular formula is C20H17F3KN2O7P.